The highest BCUT2D eigenvalue weighted by molar-refractivity contribution is 6.07. The van der Waals surface area contributed by atoms with Crippen LogP contribution in [0.5, 0.6) is 0 Å². The molecule has 0 aliphatic carbocycles. The number of ether oxygens (including phenoxy) is 1. The number of aromatic nitrogens is 1. The largest absolute Gasteiger partial charge is 0.378 e. The molecular formula is C25H21N3O3. The number of hydrogen-bond donors (Lipinski definition) is 0. The number of hydrogen-bond acceptors (Lipinski definition) is 5. The number of nitrogens with zero attached hydrogens (tertiary/aromatic N) is 3. The Morgan fingerprint density at radius 1 is 0.839 bits per heavy atom. The predicted octanol–water partition coefficient (Wildman–Crippen LogP) is 5.31. The molecule has 0 saturated carbocycles. The molecule has 0 bridgehead atoms. The lowest BCUT2D eigenvalue weighted by Crippen LogP contribution is -2.37. The van der Waals surface area contributed by atoms with Gasteiger partial charge in [0, 0.05) is 41.7 Å². The van der Waals surface area contributed by atoms with Gasteiger partial charge in [-0.1, -0.05) is 60.7 Å². The first-order valence-corrected chi connectivity index (χ1v) is 10.3. The number of nitro groups is 1. The van der Waals surface area contributed by atoms with Crippen molar-refractivity contribution in [3.05, 3.63) is 89.0 Å². The van der Waals surface area contributed by atoms with Crippen molar-refractivity contribution >= 4 is 22.4 Å². The number of morpholine rings is 1. The Hall–Kier alpha value is -3.77. The molecule has 1 fully saturated rings. The molecule has 154 valence electrons. The summed E-state index contributed by atoms with van der Waals surface area (Å²) in [7, 11) is 0. The van der Waals surface area contributed by atoms with Gasteiger partial charge in [-0.15, -0.1) is 0 Å². The van der Waals surface area contributed by atoms with Gasteiger partial charge >= 0.3 is 0 Å². The molecule has 4 aromatic rings. The number of pyridine rings is 1. The van der Waals surface area contributed by atoms with Gasteiger partial charge in [-0.25, -0.2) is 4.98 Å². The Labute approximate surface area is 179 Å². The molecule has 0 atom stereocenters. The van der Waals surface area contributed by atoms with Crippen molar-refractivity contribution in [1.82, 2.24) is 4.98 Å². The average molecular weight is 411 g/mol. The van der Waals surface area contributed by atoms with E-state index in [9.17, 15) is 10.1 Å². The zero-order valence-electron chi connectivity index (χ0n) is 16.9. The Morgan fingerprint density at radius 2 is 1.45 bits per heavy atom. The lowest BCUT2D eigenvalue weighted by molar-refractivity contribution is -0.384. The summed E-state index contributed by atoms with van der Waals surface area (Å²) < 4.78 is 5.57. The van der Waals surface area contributed by atoms with Crippen molar-refractivity contribution in [3.63, 3.8) is 0 Å². The lowest BCUT2D eigenvalue weighted by atomic mass is 9.91. The van der Waals surface area contributed by atoms with Crippen molar-refractivity contribution in [2.24, 2.45) is 0 Å². The van der Waals surface area contributed by atoms with E-state index in [1.165, 1.54) is 6.07 Å². The second-order valence-electron chi connectivity index (χ2n) is 7.48. The van der Waals surface area contributed by atoms with Crippen molar-refractivity contribution < 1.29 is 9.66 Å². The van der Waals surface area contributed by atoms with E-state index in [2.05, 4.69) is 17.0 Å². The van der Waals surface area contributed by atoms with Gasteiger partial charge in [0.05, 0.1) is 23.7 Å². The van der Waals surface area contributed by atoms with E-state index < -0.39 is 0 Å². The number of non-ortho nitro benzene ring substituents is 1. The molecule has 0 N–H and O–H groups in total. The van der Waals surface area contributed by atoms with Crippen LogP contribution in [0.15, 0.2) is 78.9 Å². The fourth-order valence-electron chi connectivity index (χ4n) is 4.14. The maximum atomic E-state index is 11.5. The molecule has 6 nitrogen and oxygen atoms in total. The highest BCUT2D eigenvalue weighted by atomic mass is 16.6. The third-order valence-electron chi connectivity index (χ3n) is 5.60. The van der Waals surface area contributed by atoms with Crippen LogP contribution in [0.2, 0.25) is 0 Å². The maximum Gasteiger partial charge on any atom is 0.270 e. The van der Waals surface area contributed by atoms with Gasteiger partial charge in [-0.3, -0.25) is 10.1 Å². The molecule has 31 heavy (non-hydrogen) atoms. The van der Waals surface area contributed by atoms with Gasteiger partial charge in [0.15, 0.2) is 0 Å². The summed E-state index contributed by atoms with van der Waals surface area (Å²) in [6.07, 6.45) is 0. The minimum Gasteiger partial charge on any atom is -0.378 e. The summed E-state index contributed by atoms with van der Waals surface area (Å²) in [5.41, 5.74) is 4.78. The van der Waals surface area contributed by atoms with E-state index in [0.29, 0.717) is 13.2 Å². The molecular weight excluding hydrogens is 390 g/mol. The van der Waals surface area contributed by atoms with Crippen LogP contribution in [-0.4, -0.2) is 36.2 Å². The molecule has 0 spiro atoms. The topological polar surface area (TPSA) is 68.5 Å². The summed E-state index contributed by atoms with van der Waals surface area (Å²) in [4.78, 5) is 18.4. The van der Waals surface area contributed by atoms with Crippen LogP contribution in [0.4, 0.5) is 11.5 Å². The second-order valence-corrected chi connectivity index (χ2v) is 7.48. The quantitative estimate of drug-likeness (QED) is 0.336. The van der Waals surface area contributed by atoms with Crippen LogP contribution in [-0.2, 0) is 4.74 Å². The monoisotopic (exact) mass is 411 g/mol. The summed E-state index contributed by atoms with van der Waals surface area (Å²) in [5, 5.41) is 12.3. The van der Waals surface area contributed by atoms with Crippen LogP contribution < -0.4 is 4.90 Å². The van der Waals surface area contributed by atoms with Crippen LogP contribution in [0.25, 0.3) is 33.2 Å². The minimum atomic E-state index is -0.355. The molecule has 6 heteroatoms. The highest BCUT2D eigenvalue weighted by Gasteiger charge is 2.24. The summed E-state index contributed by atoms with van der Waals surface area (Å²) in [6.45, 7) is 2.79. The van der Waals surface area contributed by atoms with Crippen LogP contribution >= 0.6 is 0 Å². The third-order valence-corrected chi connectivity index (χ3v) is 5.60. The van der Waals surface area contributed by atoms with E-state index in [-0.39, 0.29) is 10.6 Å². The van der Waals surface area contributed by atoms with E-state index in [0.717, 1.165) is 52.1 Å². The zero-order valence-corrected chi connectivity index (χ0v) is 16.9. The molecule has 5 rings (SSSR count). The summed E-state index contributed by atoms with van der Waals surface area (Å²) >= 11 is 0. The van der Waals surface area contributed by atoms with Crippen LogP contribution in [0.3, 0.4) is 0 Å². The van der Waals surface area contributed by atoms with E-state index in [1.54, 1.807) is 12.1 Å². The second kappa shape index (κ2) is 8.16. The number of benzene rings is 3. The van der Waals surface area contributed by atoms with E-state index in [4.69, 9.17) is 9.72 Å². The van der Waals surface area contributed by atoms with Crippen LogP contribution in [0.1, 0.15) is 0 Å². The van der Waals surface area contributed by atoms with Gasteiger partial charge in [0.1, 0.15) is 5.82 Å². The zero-order chi connectivity index (χ0) is 21.2. The first-order chi connectivity index (χ1) is 15.2. The predicted molar refractivity (Wildman–Crippen MR) is 122 cm³/mol. The lowest BCUT2D eigenvalue weighted by Gasteiger charge is -2.31. The molecule has 2 heterocycles. The normalized spacial score (nSPS) is 14.0. The van der Waals surface area contributed by atoms with Gasteiger partial charge in [0.2, 0.25) is 0 Å². The SMILES string of the molecule is O=[N+]([O-])c1ccc2nc(N3CCOCC3)c(-c3ccccc3)c(-c3ccccc3)c2c1. The first kappa shape index (κ1) is 19.2. The highest BCUT2D eigenvalue weighted by Crippen LogP contribution is 2.43. The Morgan fingerprint density at radius 3 is 2.06 bits per heavy atom. The smallest absolute Gasteiger partial charge is 0.270 e. The maximum absolute atomic E-state index is 11.5. The number of fused-ring (bicyclic) bond motifs is 1. The van der Waals surface area contributed by atoms with Crippen molar-refractivity contribution in [3.8, 4) is 22.3 Å². The molecule has 1 aliphatic rings. The van der Waals surface area contributed by atoms with Crippen molar-refractivity contribution in [2.75, 3.05) is 31.2 Å². The van der Waals surface area contributed by atoms with Crippen molar-refractivity contribution in [1.29, 1.82) is 0 Å². The average Bonchev–Trinajstić information content (AvgIpc) is 2.84. The number of rotatable bonds is 4. The standard InChI is InChI=1S/C25H21N3O3/c29-28(30)20-11-12-22-21(17-20)23(18-7-3-1-4-8-18)24(19-9-5-2-6-10-19)25(26-22)27-13-15-31-16-14-27/h1-12,17H,13-16H2. The van der Waals surface area contributed by atoms with Gasteiger partial charge in [-0.2, -0.15) is 0 Å². The Bertz CT molecular complexity index is 1240. The molecule has 0 unspecified atom stereocenters. The first-order valence-electron chi connectivity index (χ1n) is 10.3. The molecule has 0 amide bonds. The molecule has 1 saturated heterocycles. The Balaban J connectivity index is 1.90. The third kappa shape index (κ3) is 3.62. The van der Waals surface area contributed by atoms with Gasteiger partial charge < -0.3 is 9.64 Å². The molecule has 1 aliphatic heterocycles. The van der Waals surface area contributed by atoms with Crippen LogP contribution in [0, 0.1) is 10.1 Å². The summed E-state index contributed by atoms with van der Waals surface area (Å²) in [6, 6.07) is 25.1. The number of anilines is 1. The number of nitro benzene ring substituents is 1. The minimum absolute atomic E-state index is 0.0598. The fraction of sp³-hybridized carbons (Fsp3) is 0.160. The van der Waals surface area contributed by atoms with Crippen molar-refractivity contribution in [2.45, 2.75) is 0 Å². The van der Waals surface area contributed by atoms with Gasteiger partial charge in [-0.05, 0) is 17.2 Å². The fourth-order valence-corrected chi connectivity index (χ4v) is 4.14. The Kier molecular flexibility index (Phi) is 5.06. The molecule has 1 aromatic heterocycles. The molecule has 0 radical (unpaired) electrons. The van der Waals surface area contributed by atoms with E-state index in [1.807, 2.05) is 48.5 Å². The van der Waals surface area contributed by atoms with E-state index >= 15 is 0 Å². The molecule has 3 aromatic carbocycles. The summed E-state index contributed by atoms with van der Waals surface area (Å²) in [5.74, 6) is 0.884. The van der Waals surface area contributed by atoms with Gasteiger partial charge in [0.25, 0.3) is 5.69 Å².